The summed E-state index contributed by atoms with van der Waals surface area (Å²) >= 11 is 0. The molecule has 2 aliphatic rings. The molecule has 0 saturated carbocycles. The summed E-state index contributed by atoms with van der Waals surface area (Å²) in [7, 11) is -3.48. The van der Waals surface area contributed by atoms with Crippen molar-refractivity contribution in [1.29, 1.82) is 0 Å². The van der Waals surface area contributed by atoms with E-state index in [1.807, 2.05) is 13.8 Å². The Bertz CT molecular complexity index is 1060. The molecule has 4 rings (SSSR count). The molecule has 3 heterocycles. The Morgan fingerprint density at radius 1 is 1.23 bits per heavy atom. The van der Waals surface area contributed by atoms with Crippen LogP contribution >= 0.6 is 0 Å². The van der Waals surface area contributed by atoms with Crippen molar-refractivity contribution in [3.05, 3.63) is 41.5 Å². The number of aliphatic hydroxyl groups excluding tert-OH is 1. The van der Waals surface area contributed by atoms with Gasteiger partial charge in [0, 0.05) is 31.2 Å². The number of hydrogen-bond donors (Lipinski definition) is 1. The van der Waals surface area contributed by atoms with Crippen LogP contribution < -0.4 is 4.31 Å². The number of amides is 1. The van der Waals surface area contributed by atoms with E-state index in [-0.39, 0.29) is 30.5 Å². The minimum absolute atomic E-state index is 0.109. The van der Waals surface area contributed by atoms with E-state index in [9.17, 15) is 18.3 Å². The molecule has 162 valence electrons. The van der Waals surface area contributed by atoms with Crippen molar-refractivity contribution in [3.63, 3.8) is 0 Å². The highest BCUT2D eigenvalue weighted by Gasteiger charge is 2.37. The minimum Gasteiger partial charge on any atom is -0.393 e. The van der Waals surface area contributed by atoms with Crippen molar-refractivity contribution in [2.45, 2.75) is 44.8 Å². The zero-order valence-electron chi connectivity index (χ0n) is 17.4. The molecule has 0 spiro atoms. The first kappa shape index (κ1) is 20.8. The molecule has 2 aliphatic heterocycles. The maximum Gasteiger partial charge on any atom is 0.253 e. The maximum atomic E-state index is 13.0. The van der Waals surface area contributed by atoms with E-state index in [2.05, 4.69) is 10.1 Å². The number of fused-ring (bicyclic) bond motifs is 1. The van der Waals surface area contributed by atoms with Crippen LogP contribution in [-0.4, -0.2) is 71.1 Å². The second kappa shape index (κ2) is 7.66. The number of carbonyl (C=O) groups excluding carboxylic acids is 1. The fourth-order valence-electron chi connectivity index (χ4n) is 4.04. The van der Waals surface area contributed by atoms with E-state index < -0.39 is 10.0 Å². The third kappa shape index (κ3) is 3.81. The fraction of sp³-hybridized carbons (Fsp3) is 0.550. The summed E-state index contributed by atoms with van der Waals surface area (Å²) in [6, 6.07) is 5.28. The third-order valence-corrected chi connectivity index (χ3v) is 6.93. The van der Waals surface area contributed by atoms with E-state index in [0.29, 0.717) is 43.0 Å². The lowest BCUT2D eigenvalue weighted by Crippen LogP contribution is -2.40. The van der Waals surface area contributed by atoms with Crippen LogP contribution in [0.25, 0.3) is 0 Å². The van der Waals surface area contributed by atoms with Gasteiger partial charge in [0.2, 0.25) is 10.0 Å². The molecule has 0 bridgehead atoms. The van der Waals surface area contributed by atoms with Gasteiger partial charge < -0.3 is 10.0 Å². The van der Waals surface area contributed by atoms with Gasteiger partial charge in [-0.2, -0.15) is 5.10 Å². The molecule has 1 saturated heterocycles. The van der Waals surface area contributed by atoms with Crippen molar-refractivity contribution in [3.8, 4) is 0 Å². The smallest absolute Gasteiger partial charge is 0.253 e. The standard InChI is InChI=1S/C20H27N5O4S/c1-13(2)24-12-21-19(22-24)17-11-25(30(3,28)29)18-5-4-14(10-16(17)18)20(27)23-8-6-15(26)7-9-23/h4-5,10,12-13,15,17,26H,6-9,11H2,1-3H3. The Morgan fingerprint density at radius 3 is 2.53 bits per heavy atom. The summed E-state index contributed by atoms with van der Waals surface area (Å²) in [5.74, 6) is 0.0920. The van der Waals surface area contributed by atoms with E-state index in [1.165, 1.54) is 10.6 Å². The third-order valence-electron chi connectivity index (χ3n) is 5.79. The molecule has 1 fully saturated rings. The number of anilines is 1. The first-order chi connectivity index (χ1) is 14.1. The van der Waals surface area contributed by atoms with Crippen LogP contribution in [0.3, 0.4) is 0 Å². The lowest BCUT2D eigenvalue weighted by Gasteiger charge is -2.29. The van der Waals surface area contributed by atoms with Gasteiger partial charge in [0.05, 0.1) is 24.0 Å². The molecular weight excluding hydrogens is 406 g/mol. The van der Waals surface area contributed by atoms with E-state index >= 15 is 0 Å². The summed E-state index contributed by atoms with van der Waals surface area (Å²) < 4.78 is 27.8. The van der Waals surface area contributed by atoms with Gasteiger partial charge in [-0.25, -0.2) is 13.4 Å². The molecular formula is C20H27N5O4S. The van der Waals surface area contributed by atoms with Gasteiger partial charge in [-0.1, -0.05) is 0 Å². The predicted molar refractivity (Wildman–Crippen MR) is 112 cm³/mol. The van der Waals surface area contributed by atoms with Gasteiger partial charge in [-0.3, -0.25) is 13.8 Å². The molecule has 1 amide bonds. The molecule has 10 heteroatoms. The molecule has 0 aliphatic carbocycles. The number of carbonyl (C=O) groups is 1. The quantitative estimate of drug-likeness (QED) is 0.780. The monoisotopic (exact) mass is 433 g/mol. The van der Waals surface area contributed by atoms with E-state index in [4.69, 9.17) is 0 Å². The number of piperidine rings is 1. The van der Waals surface area contributed by atoms with Crippen molar-refractivity contribution >= 4 is 21.6 Å². The Labute approximate surface area is 176 Å². The van der Waals surface area contributed by atoms with E-state index in [1.54, 1.807) is 34.1 Å². The number of aliphatic hydroxyl groups is 1. The average molecular weight is 434 g/mol. The van der Waals surface area contributed by atoms with Crippen LogP contribution in [0.2, 0.25) is 0 Å². The highest BCUT2D eigenvalue weighted by atomic mass is 32.2. The van der Waals surface area contributed by atoms with Crippen LogP contribution in [0, 0.1) is 0 Å². The topological polar surface area (TPSA) is 109 Å². The summed E-state index contributed by atoms with van der Waals surface area (Å²) in [6.07, 6.45) is 3.60. The molecule has 30 heavy (non-hydrogen) atoms. The predicted octanol–water partition coefficient (Wildman–Crippen LogP) is 1.37. The molecule has 2 aromatic rings. The maximum absolute atomic E-state index is 13.0. The summed E-state index contributed by atoms with van der Waals surface area (Å²) in [6.45, 7) is 5.23. The van der Waals surface area contributed by atoms with Gasteiger partial charge in [-0.05, 0) is 50.5 Å². The Kier molecular flexibility index (Phi) is 5.31. The van der Waals surface area contributed by atoms with Crippen LogP contribution in [0.4, 0.5) is 5.69 Å². The SMILES string of the molecule is CC(C)n1cnc(C2CN(S(C)(=O)=O)c3ccc(C(=O)N4CCC(O)CC4)cc32)n1. The Balaban J connectivity index is 1.71. The summed E-state index contributed by atoms with van der Waals surface area (Å²) in [4.78, 5) is 19.1. The van der Waals surface area contributed by atoms with Crippen molar-refractivity contribution in [2.75, 3.05) is 30.2 Å². The molecule has 0 radical (unpaired) electrons. The van der Waals surface area contributed by atoms with Crippen LogP contribution in [-0.2, 0) is 10.0 Å². The summed E-state index contributed by atoms with van der Waals surface area (Å²) in [5, 5.41) is 14.2. The van der Waals surface area contributed by atoms with Gasteiger partial charge in [0.15, 0.2) is 5.82 Å². The molecule has 1 N–H and O–H groups in total. The van der Waals surface area contributed by atoms with Crippen LogP contribution in [0.1, 0.15) is 60.4 Å². The lowest BCUT2D eigenvalue weighted by molar-refractivity contribution is 0.0546. The molecule has 1 aromatic heterocycles. The number of nitrogens with zero attached hydrogens (tertiary/aromatic N) is 5. The van der Waals surface area contributed by atoms with Crippen molar-refractivity contribution in [1.82, 2.24) is 19.7 Å². The van der Waals surface area contributed by atoms with Crippen LogP contribution in [0.5, 0.6) is 0 Å². The fourth-order valence-corrected chi connectivity index (χ4v) is 4.98. The second-order valence-electron chi connectivity index (χ2n) is 8.32. The van der Waals surface area contributed by atoms with Gasteiger partial charge in [-0.15, -0.1) is 0 Å². The lowest BCUT2D eigenvalue weighted by atomic mass is 9.97. The van der Waals surface area contributed by atoms with E-state index in [0.717, 1.165) is 5.56 Å². The van der Waals surface area contributed by atoms with Gasteiger partial charge in [0.1, 0.15) is 6.33 Å². The first-order valence-corrected chi connectivity index (χ1v) is 12.0. The van der Waals surface area contributed by atoms with Gasteiger partial charge >= 0.3 is 0 Å². The van der Waals surface area contributed by atoms with Crippen LogP contribution in [0.15, 0.2) is 24.5 Å². The number of likely N-dealkylation sites (tertiary alicyclic amines) is 1. The largest absolute Gasteiger partial charge is 0.393 e. The number of rotatable bonds is 4. The zero-order valence-corrected chi connectivity index (χ0v) is 18.2. The Morgan fingerprint density at radius 2 is 1.93 bits per heavy atom. The first-order valence-electron chi connectivity index (χ1n) is 10.1. The normalized spacial score (nSPS) is 20.1. The average Bonchev–Trinajstić information content (AvgIpc) is 3.32. The molecule has 1 aromatic carbocycles. The summed E-state index contributed by atoms with van der Waals surface area (Å²) in [5.41, 5.74) is 1.81. The highest BCUT2D eigenvalue weighted by molar-refractivity contribution is 7.92. The molecule has 9 nitrogen and oxygen atoms in total. The molecule has 1 atom stereocenters. The highest BCUT2D eigenvalue weighted by Crippen LogP contribution is 2.41. The number of hydrogen-bond acceptors (Lipinski definition) is 6. The molecule has 1 unspecified atom stereocenters. The zero-order chi connectivity index (χ0) is 21.6. The number of sulfonamides is 1. The second-order valence-corrected chi connectivity index (χ2v) is 10.2. The van der Waals surface area contributed by atoms with Gasteiger partial charge in [0.25, 0.3) is 5.91 Å². The van der Waals surface area contributed by atoms with Crippen molar-refractivity contribution in [2.24, 2.45) is 0 Å². The minimum atomic E-state index is -3.48. The number of aromatic nitrogens is 3. The number of benzene rings is 1. The van der Waals surface area contributed by atoms with Crippen molar-refractivity contribution < 1.29 is 18.3 Å². The Hall–Kier alpha value is -2.46.